The van der Waals surface area contributed by atoms with Gasteiger partial charge in [0.2, 0.25) is 0 Å². The van der Waals surface area contributed by atoms with E-state index in [1.165, 1.54) is 24.3 Å². The number of aromatic nitrogens is 4. The average molecular weight is 520 g/mol. The monoisotopic (exact) mass is 519 g/mol. The number of carbonyl (C=O) groups is 2. The number of nitrogens with zero attached hydrogens (tertiary/aromatic N) is 4. The summed E-state index contributed by atoms with van der Waals surface area (Å²) in [6, 6.07) is 13.2. The molecular formula is C25H25N7O6. The van der Waals surface area contributed by atoms with Gasteiger partial charge in [0.15, 0.2) is 17.7 Å². The van der Waals surface area contributed by atoms with Gasteiger partial charge in [-0.05, 0) is 24.3 Å². The topological polar surface area (TPSA) is 187 Å². The van der Waals surface area contributed by atoms with Gasteiger partial charge >= 0.3 is 0 Å². The minimum atomic E-state index is -1.32. The van der Waals surface area contributed by atoms with Gasteiger partial charge in [-0.1, -0.05) is 24.3 Å². The molecule has 0 radical (unpaired) electrons. The number of anilines is 2. The number of imidazole rings is 1. The summed E-state index contributed by atoms with van der Waals surface area (Å²) in [6.07, 6.45) is -1.94. The number of hydrogen-bond acceptors (Lipinski definition) is 10. The number of ether oxygens (including phenoxy) is 2. The predicted octanol–water partition coefficient (Wildman–Crippen LogP) is 0.719. The molecule has 2 aromatic heterocycles. The summed E-state index contributed by atoms with van der Waals surface area (Å²) in [5.41, 5.74) is 7.29. The molecule has 38 heavy (non-hydrogen) atoms. The molecule has 0 spiro atoms. The Kier molecular flexibility index (Phi) is 6.87. The first kappa shape index (κ1) is 25.1. The third-order valence-corrected chi connectivity index (χ3v) is 6.23. The number of nitrogen functional groups attached to an aromatic ring is 1. The number of benzene rings is 2. The van der Waals surface area contributed by atoms with Gasteiger partial charge in [-0.3, -0.25) is 14.2 Å². The number of rotatable bonds is 7. The fourth-order valence-corrected chi connectivity index (χ4v) is 4.28. The van der Waals surface area contributed by atoms with Crippen LogP contribution in [0.2, 0.25) is 0 Å². The standard InChI is InChI=1S/C25H25N7O6/c1-37-16-9-5-3-7-14(16)24(36)31-15-8-4-2-6-13(15)23(35)27-10-17-19(33)20(34)25(38-17)32-12-30-18-21(26)28-11-29-22(18)32/h2-9,11-12,17,19-20,25,33-34H,10H2,1H3,(H,27,35)(H,31,36)(H2,26,28,29). The lowest BCUT2D eigenvalue weighted by molar-refractivity contribution is -0.0337. The first-order valence-electron chi connectivity index (χ1n) is 11.6. The van der Waals surface area contributed by atoms with E-state index in [0.29, 0.717) is 22.5 Å². The number of nitrogens with one attached hydrogen (secondary N) is 2. The number of hydrogen-bond donors (Lipinski definition) is 5. The molecule has 1 aliphatic heterocycles. The van der Waals surface area contributed by atoms with Crippen molar-refractivity contribution < 1.29 is 29.3 Å². The van der Waals surface area contributed by atoms with Crippen LogP contribution in [0.4, 0.5) is 11.5 Å². The second-order valence-electron chi connectivity index (χ2n) is 8.54. The molecule has 2 aromatic carbocycles. The Bertz CT molecular complexity index is 1490. The number of nitrogens with two attached hydrogens (primary N) is 1. The fraction of sp³-hybridized carbons (Fsp3) is 0.240. The Morgan fingerprint density at radius 1 is 1.03 bits per heavy atom. The van der Waals surface area contributed by atoms with E-state index >= 15 is 0 Å². The number of carbonyl (C=O) groups excluding carboxylic acids is 2. The molecule has 0 bridgehead atoms. The first-order valence-corrected chi connectivity index (χ1v) is 11.6. The summed E-state index contributed by atoms with van der Waals surface area (Å²) < 4.78 is 12.6. The van der Waals surface area contributed by atoms with Gasteiger partial charge in [0, 0.05) is 6.54 Å². The van der Waals surface area contributed by atoms with Gasteiger partial charge in [0.25, 0.3) is 11.8 Å². The molecule has 1 fully saturated rings. The molecule has 1 saturated heterocycles. The fourth-order valence-electron chi connectivity index (χ4n) is 4.28. The Morgan fingerprint density at radius 3 is 2.55 bits per heavy atom. The van der Waals surface area contributed by atoms with Crippen LogP contribution in [-0.4, -0.2) is 73.5 Å². The number of aliphatic hydroxyl groups excluding tert-OH is 2. The number of para-hydroxylation sites is 2. The van der Waals surface area contributed by atoms with Crippen molar-refractivity contribution in [1.29, 1.82) is 0 Å². The Morgan fingerprint density at radius 2 is 1.76 bits per heavy atom. The minimum Gasteiger partial charge on any atom is -0.496 e. The van der Waals surface area contributed by atoms with Crippen molar-refractivity contribution in [2.24, 2.45) is 0 Å². The third kappa shape index (κ3) is 4.61. The van der Waals surface area contributed by atoms with Crippen LogP contribution >= 0.6 is 0 Å². The van der Waals surface area contributed by atoms with Crippen molar-refractivity contribution in [3.8, 4) is 5.75 Å². The molecule has 5 rings (SSSR count). The highest BCUT2D eigenvalue weighted by Crippen LogP contribution is 2.32. The highest BCUT2D eigenvalue weighted by Gasteiger charge is 2.44. The van der Waals surface area contributed by atoms with E-state index in [1.807, 2.05) is 0 Å². The van der Waals surface area contributed by atoms with Gasteiger partial charge in [0.1, 0.15) is 35.9 Å². The molecule has 1 aliphatic rings. The lowest BCUT2D eigenvalue weighted by Crippen LogP contribution is -2.40. The molecule has 0 saturated carbocycles. The van der Waals surface area contributed by atoms with Crippen LogP contribution in [-0.2, 0) is 4.74 Å². The largest absolute Gasteiger partial charge is 0.496 e. The first-order chi connectivity index (χ1) is 18.4. The molecule has 196 valence electrons. The van der Waals surface area contributed by atoms with Crippen LogP contribution in [0.15, 0.2) is 61.2 Å². The lowest BCUT2D eigenvalue weighted by Gasteiger charge is -2.17. The summed E-state index contributed by atoms with van der Waals surface area (Å²) in [5, 5.41) is 26.7. The van der Waals surface area contributed by atoms with E-state index < -0.39 is 36.4 Å². The summed E-state index contributed by atoms with van der Waals surface area (Å²) >= 11 is 0. The van der Waals surface area contributed by atoms with Crippen LogP contribution in [0.25, 0.3) is 11.2 Å². The maximum Gasteiger partial charge on any atom is 0.259 e. The van der Waals surface area contributed by atoms with E-state index in [0.717, 1.165) is 0 Å². The number of aliphatic hydroxyl groups is 2. The van der Waals surface area contributed by atoms with Gasteiger partial charge in [-0.25, -0.2) is 15.0 Å². The maximum absolute atomic E-state index is 13.0. The van der Waals surface area contributed by atoms with Crippen LogP contribution in [0.1, 0.15) is 26.9 Å². The highest BCUT2D eigenvalue weighted by atomic mass is 16.6. The van der Waals surface area contributed by atoms with Crippen molar-refractivity contribution in [2.75, 3.05) is 24.7 Å². The molecule has 13 heteroatoms. The molecule has 4 aromatic rings. The van der Waals surface area contributed by atoms with E-state index in [2.05, 4.69) is 25.6 Å². The van der Waals surface area contributed by atoms with Gasteiger partial charge in [-0.15, -0.1) is 0 Å². The van der Waals surface area contributed by atoms with Crippen molar-refractivity contribution in [3.05, 3.63) is 72.3 Å². The molecule has 0 aliphatic carbocycles. The summed E-state index contributed by atoms with van der Waals surface area (Å²) in [5.74, 6) is -0.391. The lowest BCUT2D eigenvalue weighted by atomic mass is 10.1. The molecule has 13 nitrogen and oxygen atoms in total. The van der Waals surface area contributed by atoms with Gasteiger partial charge in [0.05, 0.1) is 30.3 Å². The molecule has 2 amide bonds. The summed E-state index contributed by atoms with van der Waals surface area (Å²) in [4.78, 5) is 38.1. The van der Waals surface area contributed by atoms with E-state index in [1.54, 1.807) is 48.5 Å². The van der Waals surface area contributed by atoms with E-state index in [4.69, 9.17) is 15.2 Å². The number of amides is 2. The molecule has 4 unspecified atom stereocenters. The van der Waals surface area contributed by atoms with E-state index in [9.17, 15) is 19.8 Å². The highest BCUT2D eigenvalue weighted by molar-refractivity contribution is 6.10. The van der Waals surface area contributed by atoms with E-state index in [-0.39, 0.29) is 23.6 Å². The van der Waals surface area contributed by atoms with Gasteiger partial charge in [-0.2, -0.15) is 0 Å². The quantitative estimate of drug-likeness (QED) is 0.233. The molecule has 4 atom stereocenters. The zero-order valence-electron chi connectivity index (χ0n) is 20.2. The number of fused-ring (bicyclic) bond motifs is 1. The van der Waals surface area contributed by atoms with Crippen molar-refractivity contribution in [2.45, 2.75) is 24.5 Å². The zero-order chi connectivity index (χ0) is 26.8. The molecule has 3 heterocycles. The Hall–Kier alpha value is -4.59. The normalized spacial score (nSPS) is 20.8. The van der Waals surface area contributed by atoms with Crippen molar-refractivity contribution >= 4 is 34.5 Å². The second kappa shape index (κ2) is 10.4. The Balaban J connectivity index is 1.28. The SMILES string of the molecule is COc1ccccc1C(=O)Nc1ccccc1C(=O)NCC1OC(n2cnc3c(N)ncnc32)C(O)C1O. The predicted molar refractivity (Wildman–Crippen MR) is 135 cm³/mol. The third-order valence-electron chi connectivity index (χ3n) is 6.23. The van der Waals surface area contributed by atoms with Crippen LogP contribution in [0.5, 0.6) is 5.75 Å². The van der Waals surface area contributed by atoms with Crippen LogP contribution in [0, 0.1) is 0 Å². The minimum absolute atomic E-state index is 0.119. The van der Waals surface area contributed by atoms with Crippen molar-refractivity contribution in [3.63, 3.8) is 0 Å². The smallest absolute Gasteiger partial charge is 0.259 e. The summed E-state index contributed by atoms with van der Waals surface area (Å²) in [7, 11) is 1.47. The molecular weight excluding hydrogens is 494 g/mol. The van der Waals surface area contributed by atoms with Crippen molar-refractivity contribution in [1.82, 2.24) is 24.8 Å². The summed E-state index contributed by atoms with van der Waals surface area (Å²) in [6.45, 7) is -0.119. The second-order valence-corrected chi connectivity index (χ2v) is 8.54. The average Bonchev–Trinajstić information content (AvgIpc) is 3.49. The van der Waals surface area contributed by atoms with Crippen LogP contribution in [0.3, 0.4) is 0 Å². The zero-order valence-corrected chi connectivity index (χ0v) is 20.2. The Labute approximate surface area is 216 Å². The maximum atomic E-state index is 13.0. The molecule has 6 N–H and O–H groups in total. The van der Waals surface area contributed by atoms with Gasteiger partial charge < -0.3 is 36.1 Å². The van der Waals surface area contributed by atoms with Crippen LogP contribution < -0.4 is 21.1 Å². The number of methoxy groups -OCH3 is 1.